The summed E-state index contributed by atoms with van der Waals surface area (Å²) in [5.74, 6) is 1.48. The Morgan fingerprint density at radius 2 is 1.96 bits per heavy atom. The molecule has 0 saturated heterocycles. The van der Waals surface area contributed by atoms with Gasteiger partial charge >= 0.3 is 0 Å². The van der Waals surface area contributed by atoms with Gasteiger partial charge in [0, 0.05) is 51.2 Å². The standard InChI is InChI=1S/C23H18ClN3O/c24-16-2-1-3-17(12-16)26-23-19-8-9-25-13-20(19)18-7-6-15(11-21(18)27-23)22(28)10-14-4-5-14/h1-3,6-9,11-14H,4-5,10H2,(H,26,27). The number of Topliss-reactive ketones (excluding diaryl/α,β-unsaturated/α-hetero) is 1. The van der Waals surface area contributed by atoms with E-state index in [0.717, 1.165) is 38.7 Å². The zero-order valence-electron chi connectivity index (χ0n) is 15.2. The lowest BCUT2D eigenvalue weighted by molar-refractivity contribution is 0.0976. The Hall–Kier alpha value is -2.98. The number of fused-ring (bicyclic) bond motifs is 3. The summed E-state index contributed by atoms with van der Waals surface area (Å²) in [4.78, 5) is 21.7. The molecule has 1 N–H and O–H groups in total. The molecule has 4 aromatic rings. The van der Waals surface area contributed by atoms with Gasteiger partial charge in [-0.15, -0.1) is 0 Å². The van der Waals surface area contributed by atoms with Crippen molar-refractivity contribution in [3.63, 3.8) is 0 Å². The first-order chi connectivity index (χ1) is 13.7. The van der Waals surface area contributed by atoms with E-state index in [-0.39, 0.29) is 5.78 Å². The number of hydrogen-bond donors (Lipinski definition) is 1. The number of pyridine rings is 2. The summed E-state index contributed by atoms with van der Waals surface area (Å²) in [5, 5.41) is 6.98. The van der Waals surface area contributed by atoms with Crippen molar-refractivity contribution in [2.24, 2.45) is 5.92 Å². The highest BCUT2D eigenvalue weighted by atomic mass is 35.5. The van der Waals surface area contributed by atoms with Crippen LogP contribution in [0.5, 0.6) is 0 Å². The Kier molecular flexibility index (Phi) is 4.21. The molecule has 0 spiro atoms. The second-order valence-electron chi connectivity index (χ2n) is 7.32. The fourth-order valence-electron chi connectivity index (χ4n) is 3.52. The molecule has 2 aromatic carbocycles. The fourth-order valence-corrected chi connectivity index (χ4v) is 3.71. The second-order valence-corrected chi connectivity index (χ2v) is 7.76. The Labute approximate surface area is 167 Å². The average Bonchev–Trinajstić information content (AvgIpc) is 3.52. The van der Waals surface area contributed by atoms with E-state index in [0.29, 0.717) is 17.4 Å². The molecular formula is C23H18ClN3O. The highest BCUT2D eigenvalue weighted by molar-refractivity contribution is 6.30. The van der Waals surface area contributed by atoms with Gasteiger partial charge in [0.05, 0.1) is 5.52 Å². The van der Waals surface area contributed by atoms with Crippen molar-refractivity contribution in [2.45, 2.75) is 19.3 Å². The minimum atomic E-state index is 0.196. The maximum atomic E-state index is 12.5. The largest absolute Gasteiger partial charge is 0.340 e. The van der Waals surface area contributed by atoms with Crippen molar-refractivity contribution in [2.75, 3.05) is 5.32 Å². The quantitative estimate of drug-likeness (QED) is 0.329. The van der Waals surface area contributed by atoms with Crippen molar-refractivity contribution in [3.05, 3.63) is 71.5 Å². The van der Waals surface area contributed by atoms with Crippen LogP contribution >= 0.6 is 11.6 Å². The van der Waals surface area contributed by atoms with Crippen LogP contribution in [0.2, 0.25) is 5.02 Å². The topological polar surface area (TPSA) is 54.9 Å². The van der Waals surface area contributed by atoms with E-state index in [4.69, 9.17) is 16.6 Å². The summed E-state index contributed by atoms with van der Waals surface area (Å²) in [6.07, 6.45) is 6.57. The molecule has 1 aliphatic carbocycles. The Morgan fingerprint density at radius 1 is 1.07 bits per heavy atom. The van der Waals surface area contributed by atoms with E-state index in [1.165, 1.54) is 12.8 Å². The van der Waals surface area contributed by atoms with Crippen molar-refractivity contribution >= 4 is 50.6 Å². The molecule has 0 radical (unpaired) electrons. The van der Waals surface area contributed by atoms with Gasteiger partial charge in [-0.1, -0.05) is 29.8 Å². The summed E-state index contributed by atoms with van der Waals surface area (Å²) in [6.45, 7) is 0. The molecule has 1 aliphatic rings. The lowest BCUT2D eigenvalue weighted by Crippen LogP contribution is -2.01. The maximum Gasteiger partial charge on any atom is 0.163 e. The third-order valence-electron chi connectivity index (χ3n) is 5.18. The van der Waals surface area contributed by atoms with Crippen LogP contribution in [0.1, 0.15) is 29.6 Å². The average molecular weight is 388 g/mol. The minimum Gasteiger partial charge on any atom is -0.340 e. The summed E-state index contributed by atoms with van der Waals surface area (Å²) < 4.78 is 0. The van der Waals surface area contributed by atoms with Gasteiger partial charge in [0.25, 0.3) is 0 Å². The molecule has 2 heterocycles. The van der Waals surface area contributed by atoms with E-state index < -0.39 is 0 Å². The Morgan fingerprint density at radius 3 is 2.79 bits per heavy atom. The number of halogens is 1. The number of benzene rings is 2. The Bertz CT molecular complexity index is 1220. The van der Waals surface area contributed by atoms with E-state index >= 15 is 0 Å². The van der Waals surface area contributed by atoms with Gasteiger partial charge in [-0.05, 0) is 49.1 Å². The van der Waals surface area contributed by atoms with E-state index in [1.54, 1.807) is 6.20 Å². The monoisotopic (exact) mass is 387 g/mol. The number of hydrogen-bond acceptors (Lipinski definition) is 4. The molecule has 2 aromatic heterocycles. The normalized spacial score (nSPS) is 13.8. The smallest absolute Gasteiger partial charge is 0.163 e. The SMILES string of the molecule is O=C(CC1CC1)c1ccc2c(c1)nc(Nc1cccc(Cl)c1)c1ccncc12. The van der Waals surface area contributed by atoms with Crippen LogP contribution in [0.3, 0.4) is 0 Å². The van der Waals surface area contributed by atoms with Gasteiger partial charge in [-0.2, -0.15) is 0 Å². The number of carbonyl (C=O) groups excluding carboxylic acids is 1. The Balaban J connectivity index is 1.63. The van der Waals surface area contributed by atoms with Gasteiger partial charge in [-0.25, -0.2) is 4.98 Å². The zero-order chi connectivity index (χ0) is 19.1. The predicted octanol–water partition coefficient (Wildman–Crippen LogP) is 6.16. The number of nitrogens with zero attached hydrogens (tertiary/aromatic N) is 2. The molecule has 0 unspecified atom stereocenters. The number of rotatable bonds is 5. The van der Waals surface area contributed by atoms with E-state index in [2.05, 4.69) is 10.3 Å². The summed E-state index contributed by atoms with van der Waals surface area (Å²) in [6, 6.07) is 15.3. The lowest BCUT2D eigenvalue weighted by Gasteiger charge is -2.12. The van der Waals surface area contributed by atoms with Crippen LogP contribution in [0.4, 0.5) is 11.5 Å². The molecule has 0 aliphatic heterocycles. The molecule has 0 bridgehead atoms. The molecule has 0 atom stereocenters. The van der Waals surface area contributed by atoms with Gasteiger partial charge in [0.1, 0.15) is 5.82 Å². The number of aromatic nitrogens is 2. The van der Waals surface area contributed by atoms with Crippen LogP contribution in [-0.4, -0.2) is 15.8 Å². The van der Waals surface area contributed by atoms with Crippen molar-refractivity contribution in [3.8, 4) is 0 Å². The number of carbonyl (C=O) groups is 1. The first-order valence-corrected chi connectivity index (χ1v) is 9.78. The van der Waals surface area contributed by atoms with Gasteiger partial charge in [-0.3, -0.25) is 9.78 Å². The molecular weight excluding hydrogens is 370 g/mol. The van der Waals surface area contributed by atoms with Crippen molar-refractivity contribution in [1.82, 2.24) is 9.97 Å². The molecule has 4 nitrogen and oxygen atoms in total. The van der Waals surface area contributed by atoms with Crippen LogP contribution in [-0.2, 0) is 0 Å². The minimum absolute atomic E-state index is 0.196. The molecule has 138 valence electrons. The molecule has 28 heavy (non-hydrogen) atoms. The highest BCUT2D eigenvalue weighted by Crippen LogP contribution is 2.35. The zero-order valence-corrected chi connectivity index (χ0v) is 15.9. The van der Waals surface area contributed by atoms with Gasteiger partial charge in [0.15, 0.2) is 5.78 Å². The van der Waals surface area contributed by atoms with Crippen molar-refractivity contribution < 1.29 is 4.79 Å². The number of nitrogens with one attached hydrogen (secondary N) is 1. The summed E-state index contributed by atoms with van der Waals surface area (Å²) in [5.41, 5.74) is 2.37. The third-order valence-corrected chi connectivity index (χ3v) is 5.41. The summed E-state index contributed by atoms with van der Waals surface area (Å²) in [7, 11) is 0. The maximum absolute atomic E-state index is 12.5. The summed E-state index contributed by atoms with van der Waals surface area (Å²) >= 11 is 6.12. The highest BCUT2D eigenvalue weighted by Gasteiger charge is 2.25. The second kappa shape index (κ2) is 6.88. The lowest BCUT2D eigenvalue weighted by atomic mass is 10.0. The van der Waals surface area contributed by atoms with Crippen LogP contribution in [0.15, 0.2) is 60.9 Å². The number of anilines is 2. The molecule has 5 heteroatoms. The van der Waals surface area contributed by atoms with Gasteiger partial charge in [0.2, 0.25) is 0 Å². The number of ketones is 1. The van der Waals surface area contributed by atoms with Crippen LogP contribution in [0, 0.1) is 5.92 Å². The molecule has 0 amide bonds. The first kappa shape index (κ1) is 17.1. The molecule has 5 rings (SSSR count). The van der Waals surface area contributed by atoms with Crippen molar-refractivity contribution in [1.29, 1.82) is 0 Å². The molecule has 1 saturated carbocycles. The van der Waals surface area contributed by atoms with Crippen LogP contribution in [0.25, 0.3) is 21.7 Å². The van der Waals surface area contributed by atoms with E-state index in [9.17, 15) is 4.79 Å². The predicted molar refractivity (Wildman–Crippen MR) is 113 cm³/mol. The third kappa shape index (κ3) is 3.32. The van der Waals surface area contributed by atoms with E-state index in [1.807, 2.05) is 54.7 Å². The van der Waals surface area contributed by atoms with Gasteiger partial charge < -0.3 is 5.32 Å². The van der Waals surface area contributed by atoms with Crippen LogP contribution < -0.4 is 5.32 Å². The first-order valence-electron chi connectivity index (χ1n) is 9.41. The molecule has 1 fully saturated rings. The fraction of sp³-hybridized carbons (Fsp3) is 0.174.